The van der Waals surface area contributed by atoms with Crippen LogP contribution in [0.15, 0.2) is 41.3 Å². The van der Waals surface area contributed by atoms with E-state index < -0.39 is 10.0 Å². The molecule has 0 saturated carbocycles. The average molecular weight is 381 g/mol. The van der Waals surface area contributed by atoms with Crippen molar-refractivity contribution in [3.63, 3.8) is 0 Å². The molecule has 0 bridgehead atoms. The fraction of sp³-hybridized carbons (Fsp3) is 0.526. The van der Waals surface area contributed by atoms with E-state index in [0.29, 0.717) is 31.6 Å². The van der Waals surface area contributed by atoms with Gasteiger partial charge in [-0.15, -0.1) is 0 Å². The van der Waals surface area contributed by atoms with Crippen molar-refractivity contribution < 1.29 is 18.3 Å². The SMILES string of the molecule is C=C(C)CN(CC)C(=O)c1cccc(S(=O)(=O)N2CCCC2CCO)c1. The molecule has 1 unspecified atom stereocenters. The van der Waals surface area contributed by atoms with Crippen LogP contribution in [0.1, 0.15) is 43.5 Å². The lowest BCUT2D eigenvalue weighted by molar-refractivity contribution is 0.0778. The van der Waals surface area contributed by atoms with E-state index in [1.807, 2.05) is 13.8 Å². The third-order valence-electron chi connectivity index (χ3n) is 4.60. The van der Waals surface area contributed by atoms with Crippen molar-refractivity contribution in [3.8, 4) is 0 Å². The summed E-state index contributed by atoms with van der Waals surface area (Å²) in [4.78, 5) is 14.5. The summed E-state index contributed by atoms with van der Waals surface area (Å²) in [5.74, 6) is -0.208. The predicted octanol–water partition coefficient (Wildman–Crippen LogP) is 2.26. The number of hydrogen-bond donors (Lipinski definition) is 1. The maximum Gasteiger partial charge on any atom is 0.254 e. The standard InChI is InChI=1S/C19H28N2O4S/c1-4-20(14-15(2)3)19(23)16-7-5-9-18(13-16)26(24,25)21-11-6-8-17(21)10-12-22/h5,7,9,13,17,22H,2,4,6,8,10-12,14H2,1,3H3. The van der Waals surface area contributed by atoms with E-state index >= 15 is 0 Å². The number of amides is 1. The zero-order chi connectivity index (χ0) is 19.3. The minimum Gasteiger partial charge on any atom is -0.396 e. The second kappa shape index (κ2) is 8.79. The molecule has 0 spiro atoms. The van der Waals surface area contributed by atoms with Gasteiger partial charge >= 0.3 is 0 Å². The molecule has 7 heteroatoms. The number of benzene rings is 1. The van der Waals surface area contributed by atoms with Crippen molar-refractivity contribution in [1.82, 2.24) is 9.21 Å². The lowest BCUT2D eigenvalue weighted by Crippen LogP contribution is -2.36. The van der Waals surface area contributed by atoms with Crippen LogP contribution in [0.5, 0.6) is 0 Å². The van der Waals surface area contributed by atoms with Gasteiger partial charge in [0.25, 0.3) is 5.91 Å². The van der Waals surface area contributed by atoms with Crippen LogP contribution in [0.2, 0.25) is 0 Å². The molecule has 0 aliphatic carbocycles. The smallest absolute Gasteiger partial charge is 0.254 e. The van der Waals surface area contributed by atoms with Crippen LogP contribution in [-0.4, -0.2) is 60.9 Å². The molecule has 1 aromatic carbocycles. The minimum absolute atomic E-state index is 0.0401. The van der Waals surface area contributed by atoms with Crippen LogP contribution >= 0.6 is 0 Å². The maximum absolute atomic E-state index is 13.0. The zero-order valence-corrected chi connectivity index (χ0v) is 16.3. The van der Waals surface area contributed by atoms with E-state index in [2.05, 4.69) is 6.58 Å². The van der Waals surface area contributed by atoms with Crippen LogP contribution in [0.3, 0.4) is 0 Å². The Bertz CT molecular complexity index is 761. The Hall–Kier alpha value is -1.70. The molecule has 1 amide bonds. The van der Waals surface area contributed by atoms with Crippen molar-refractivity contribution in [1.29, 1.82) is 0 Å². The Kier molecular flexibility index (Phi) is 6.97. The second-order valence-corrected chi connectivity index (χ2v) is 8.62. The van der Waals surface area contributed by atoms with Gasteiger partial charge in [0.2, 0.25) is 10.0 Å². The quantitative estimate of drug-likeness (QED) is 0.702. The van der Waals surface area contributed by atoms with Gasteiger partial charge in [-0.3, -0.25) is 4.79 Å². The fourth-order valence-electron chi connectivity index (χ4n) is 3.32. The van der Waals surface area contributed by atoms with Crippen LogP contribution in [0.4, 0.5) is 0 Å². The summed E-state index contributed by atoms with van der Waals surface area (Å²) in [5, 5.41) is 9.18. The summed E-state index contributed by atoms with van der Waals surface area (Å²) in [5.41, 5.74) is 1.22. The summed E-state index contributed by atoms with van der Waals surface area (Å²) in [6, 6.07) is 6.03. The summed E-state index contributed by atoms with van der Waals surface area (Å²) in [6.45, 7) is 8.94. The molecule has 26 heavy (non-hydrogen) atoms. The van der Waals surface area contributed by atoms with E-state index in [-0.39, 0.29) is 23.5 Å². The molecule has 1 saturated heterocycles. The van der Waals surface area contributed by atoms with Gasteiger partial charge < -0.3 is 10.0 Å². The van der Waals surface area contributed by atoms with Crippen molar-refractivity contribution in [2.75, 3.05) is 26.2 Å². The molecule has 1 aliphatic heterocycles. The number of aliphatic hydroxyl groups excluding tert-OH is 1. The topological polar surface area (TPSA) is 77.9 Å². The summed E-state index contributed by atoms with van der Waals surface area (Å²) in [6.07, 6.45) is 1.96. The number of carbonyl (C=O) groups excluding carboxylic acids is 1. The van der Waals surface area contributed by atoms with Gasteiger partial charge in [0.15, 0.2) is 0 Å². The van der Waals surface area contributed by atoms with Gasteiger partial charge in [0, 0.05) is 37.8 Å². The van der Waals surface area contributed by atoms with Crippen molar-refractivity contribution in [2.24, 2.45) is 0 Å². The number of carbonyl (C=O) groups is 1. The molecule has 1 N–H and O–H groups in total. The maximum atomic E-state index is 13.0. The number of nitrogens with zero attached hydrogens (tertiary/aromatic N) is 2. The molecule has 1 heterocycles. The summed E-state index contributed by atoms with van der Waals surface area (Å²) >= 11 is 0. The molecule has 2 rings (SSSR count). The minimum atomic E-state index is -3.69. The number of hydrogen-bond acceptors (Lipinski definition) is 4. The van der Waals surface area contributed by atoms with Crippen molar-refractivity contribution >= 4 is 15.9 Å². The third-order valence-corrected chi connectivity index (χ3v) is 6.55. The normalized spacial score (nSPS) is 18.0. The Morgan fingerprint density at radius 2 is 2.15 bits per heavy atom. The first kappa shape index (κ1) is 20.6. The Morgan fingerprint density at radius 3 is 2.77 bits per heavy atom. The van der Waals surface area contributed by atoms with Crippen LogP contribution in [0.25, 0.3) is 0 Å². The molecule has 144 valence electrons. The van der Waals surface area contributed by atoms with Gasteiger partial charge in [-0.05, 0) is 51.3 Å². The lowest BCUT2D eigenvalue weighted by atomic mass is 10.2. The van der Waals surface area contributed by atoms with Crippen LogP contribution in [0, 0.1) is 0 Å². The molecular weight excluding hydrogens is 352 g/mol. The fourth-order valence-corrected chi connectivity index (χ4v) is 5.09. The monoisotopic (exact) mass is 380 g/mol. The zero-order valence-electron chi connectivity index (χ0n) is 15.5. The van der Waals surface area contributed by atoms with E-state index in [4.69, 9.17) is 0 Å². The van der Waals surface area contributed by atoms with E-state index in [1.54, 1.807) is 17.0 Å². The second-order valence-electron chi connectivity index (χ2n) is 6.73. The molecule has 0 radical (unpaired) electrons. The highest BCUT2D eigenvalue weighted by molar-refractivity contribution is 7.89. The number of rotatable bonds is 8. The van der Waals surface area contributed by atoms with E-state index in [1.165, 1.54) is 16.4 Å². The first-order chi connectivity index (χ1) is 12.3. The molecule has 1 aromatic rings. The molecule has 1 atom stereocenters. The van der Waals surface area contributed by atoms with E-state index in [9.17, 15) is 18.3 Å². The van der Waals surface area contributed by atoms with Gasteiger partial charge in [-0.2, -0.15) is 4.31 Å². The highest BCUT2D eigenvalue weighted by Crippen LogP contribution is 2.28. The van der Waals surface area contributed by atoms with Gasteiger partial charge in [0.05, 0.1) is 4.90 Å². The Labute approximate surface area is 156 Å². The van der Waals surface area contributed by atoms with Crippen LogP contribution in [-0.2, 0) is 10.0 Å². The van der Waals surface area contributed by atoms with Gasteiger partial charge in [0.1, 0.15) is 0 Å². The van der Waals surface area contributed by atoms with Crippen molar-refractivity contribution in [3.05, 3.63) is 42.0 Å². The molecular formula is C19H28N2O4S. The largest absolute Gasteiger partial charge is 0.396 e. The Morgan fingerprint density at radius 1 is 1.42 bits per heavy atom. The molecule has 6 nitrogen and oxygen atoms in total. The number of likely N-dealkylation sites (N-methyl/N-ethyl adjacent to an activating group) is 1. The highest BCUT2D eigenvalue weighted by Gasteiger charge is 2.35. The molecule has 0 aromatic heterocycles. The van der Waals surface area contributed by atoms with Crippen molar-refractivity contribution in [2.45, 2.75) is 44.0 Å². The summed E-state index contributed by atoms with van der Waals surface area (Å²) in [7, 11) is -3.69. The van der Waals surface area contributed by atoms with Gasteiger partial charge in [-0.25, -0.2) is 8.42 Å². The third kappa shape index (κ3) is 4.52. The van der Waals surface area contributed by atoms with Gasteiger partial charge in [-0.1, -0.05) is 18.2 Å². The lowest BCUT2D eigenvalue weighted by Gasteiger charge is -2.24. The average Bonchev–Trinajstić information content (AvgIpc) is 3.08. The first-order valence-electron chi connectivity index (χ1n) is 8.97. The molecule has 1 fully saturated rings. The predicted molar refractivity (Wildman–Crippen MR) is 101 cm³/mol. The number of aliphatic hydroxyl groups is 1. The number of sulfonamides is 1. The van der Waals surface area contributed by atoms with E-state index in [0.717, 1.165) is 18.4 Å². The highest BCUT2D eigenvalue weighted by atomic mass is 32.2. The Balaban J connectivity index is 2.30. The summed E-state index contributed by atoms with van der Waals surface area (Å²) < 4.78 is 27.5. The molecule has 1 aliphatic rings. The first-order valence-corrected chi connectivity index (χ1v) is 10.4. The van der Waals surface area contributed by atoms with Crippen LogP contribution < -0.4 is 0 Å².